The predicted octanol–water partition coefficient (Wildman–Crippen LogP) is 3.72. The number of likely N-dealkylation sites (tertiary alicyclic amines) is 1. The Morgan fingerprint density at radius 2 is 2.15 bits per heavy atom. The van der Waals surface area contributed by atoms with E-state index in [9.17, 15) is 23.5 Å². The van der Waals surface area contributed by atoms with Gasteiger partial charge in [-0.25, -0.2) is 13.8 Å². The number of halogens is 3. The standard InChI is InChI=1S/C24H20BrF2N3O3S/c1-24(27)10-30(11-24)19(32)9-29-12-28-22-21(23(29)33)20(14-4-5-16(26)15(25)8-14)18(34-22)7-6-17(31)13-2-3-13/h4-5,8,12-13,17,31H,2-3,9-11H2,1H3. The van der Waals surface area contributed by atoms with Crippen LogP contribution in [0.5, 0.6) is 0 Å². The number of benzene rings is 1. The molecule has 0 bridgehead atoms. The van der Waals surface area contributed by atoms with E-state index in [1.807, 2.05) is 0 Å². The molecule has 3 heterocycles. The lowest BCUT2D eigenvalue weighted by molar-refractivity contribution is -0.144. The van der Waals surface area contributed by atoms with Crippen molar-refractivity contribution >= 4 is 43.4 Å². The second-order valence-electron chi connectivity index (χ2n) is 9.01. The van der Waals surface area contributed by atoms with Gasteiger partial charge in [0.1, 0.15) is 29.0 Å². The number of rotatable bonds is 4. The van der Waals surface area contributed by atoms with Crippen molar-refractivity contribution < 1.29 is 18.7 Å². The van der Waals surface area contributed by atoms with Crippen LogP contribution >= 0.6 is 27.3 Å². The number of thiophene rings is 1. The van der Waals surface area contributed by atoms with Gasteiger partial charge in [-0.1, -0.05) is 17.9 Å². The Bertz CT molecular complexity index is 1430. The number of hydrogen-bond donors (Lipinski definition) is 1. The van der Waals surface area contributed by atoms with Gasteiger partial charge < -0.3 is 10.0 Å². The average Bonchev–Trinajstić information content (AvgIpc) is 3.55. The van der Waals surface area contributed by atoms with Crippen molar-refractivity contribution in [2.75, 3.05) is 13.1 Å². The Hall–Kier alpha value is -2.61. The molecule has 1 atom stereocenters. The minimum absolute atomic E-state index is 0.00732. The smallest absolute Gasteiger partial charge is 0.263 e. The first-order chi connectivity index (χ1) is 16.1. The van der Waals surface area contributed by atoms with E-state index < -0.39 is 23.1 Å². The number of aliphatic hydroxyl groups is 1. The highest BCUT2D eigenvalue weighted by Crippen LogP contribution is 2.38. The lowest BCUT2D eigenvalue weighted by Gasteiger charge is -2.42. The lowest BCUT2D eigenvalue weighted by atomic mass is 9.99. The summed E-state index contributed by atoms with van der Waals surface area (Å²) in [6, 6.07) is 4.40. The van der Waals surface area contributed by atoms with Gasteiger partial charge in [0.05, 0.1) is 34.2 Å². The molecule has 1 saturated heterocycles. The number of aromatic nitrogens is 2. The van der Waals surface area contributed by atoms with Crippen LogP contribution < -0.4 is 5.56 Å². The third-order valence-corrected chi connectivity index (χ3v) is 7.61. The third kappa shape index (κ3) is 4.40. The summed E-state index contributed by atoms with van der Waals surface area (Å²) >= 11 is 4.39. The topological polar surface area (TPSA) is 75.4 Å². The minimum atomic E-state index is -1.40. The number of carbonyl (C=O) groups is 1. The molecule has 5 rings (SSSR count). The molecular formula is C24H20BrF2N3O3S. The second kappa shape index (κ2) is 8.56. The number of amides is 1. The molecule has 10 heteroatoms. The zero-order valence-electron chi connectivity index (χ0n) is 18.1. The van der Waals surface area contributed by atoms with Crippen molar-refractivity contribution in [2.24, 2.45) is 5.92 Å². The van der Waals surface area contributed by atoms with E-state index in [1.54, 1.807) is 12.1 Å². The predicted molar refractivity (Wildman–Crippen MR) is 129 cm³/mol. The van der Waals surface area contributed by atoms with E-state index in [2.05, 4.69) is 32.8 Å². The van der Waals surface area contributed by atoms with Crippen molar-refractivity contribution in [3.05, 3.63) is 50.0 Å². The van der Waals surface area contributed by atoms with E-state index in [0.29, 0.717) is 20.8 Å². The fraction of sp³-hybridized carbons (Fsp3) is 0.375. The van der Waals surface area contributed by atoms with Gasteiger partial charge in [-0.05, 0) is 59.3 Å². The summed E-state index contributed by atoms with van der Waals surface area (Å²) in [5.41, 5.74) is -0.804. The highest BCUT2D eigenvalue weighted by Gasteiger charge is 2.41. The molecule has 1 aliphatic heterocycles. The van der Waals surface area contributed by atoms with Gasteiger partial charge in [-0.2, -0.15) is 0 Å². The first-order valence-corrected chi connectivity index (χ1v) is 12.4. The van der Waals surface area contributed by atoms with E-state index in [0.717, 1.165) is 12.8 Å². The molecule has 34 heavy (non-hydrogen) atoms. The molecule has 1 N–H and O–H groups in total. The van der Waals surface area contributed by atoms with Gasteiger partial charge in [-0.3, -0.25) is 14.2 Å². The van der Waals surface area contributed by atoms with E-state index in [1.165, 1.54) is 40.1 Å². The molecule has 1 amide bonds. The summed E-state index contributed by atoms with van der Waals surface area (Å²) in [5, 5.41) is 10.5. The highest BCUT2D eigenvalue weighted by atomic mass is 79.9. The molecule has 2 aromatic heterocycles. The molecule has 2 aliphatic rings. The van der Waals surface area contributed by atoms with Gasteiger partial charge in [0.25, 0.3) is 5.56 Å². The van der Waals surface area contributed by atoms with Crippen LogP contribution in [0.2, 0.25) is 0 Å². The number of fused-ring (bicyclic) bond motifs is 1. The minimum Gasteiger partial charge on any atom is -0.380 e. The Labute approximate surface area is 206 Å². The van der Waals surface area contributed by atoms with Crippen LogP contribution in [0.15, 0.2) is 33.8 Å². The summed E-state index contributed by atoms with van der Waals surface area (Å²) in [6.07, 6.45) is 2.41. The average molecular weight is 548 g/mol. The molecule has 2 fully saturated rings. The first kappa shape index (κ1) is 23.1. The Morgan fingerprint density at radius 1 is 1.41 bits per heavy atom. The number of nitrogens with zero attached hydrogens (tertiary/aromatic N) is 3. The largest absolute Gasteiger partial charge is 0.380 e. The van der Waals surface area contributed by atoms with Crippen LogP contribution in [-0.2, 0) is 11.3 Å². The van der Waals surface area contributed by atoms with Gasteiger partial charge in [-0.15, -0.1) is 11.3 Å². The Morgan fingerprint density at radius 3 is 2.79 bits per heavy atom. The fourth-order valence-electron chi connectivity index (χ4n) is 4.00. The number of aliphatic hydroxyl groups excluding tert-OH is 1. The van der Waals surface area contributed by atoms with Crippen molar-refractivity contribution in [1.29, 1.82) is 0 Å². The van der Waals surface area contributed by atoms with Crippen LogP contribution in [0.3, 0.4) is 0 Å². The second-order valence-corrected chi connectivity index (χ2v) is 10.9. The summed E-state index contributed by atoms with van der Waals surface area (Å²) in [6.45, 7) is 1.15. The third-order valence-electron chi connectivity index (χ3n) is 5.99. The Balaban J connectivity index is 1.59. The molecule has 176 valence electrons. The monoisotopic (exact) mass is 547 g/mol. The van der Waals surface area contributed by atoms with Crippen molar-refractivity contribution in [3.63, 3.8) is 0 Å². The van der Waals surface area contributed by atoms with Crippen LogP contribution in [0.4, 0.5) is 8.78 Å². The van der Waals surface area contributed by atoms with Gasteiger partial charge in [0.2, 0.25) is 5.91 Å². The normalized spacial score (nSPS) is 17.7. The number of carbonyl (C=O) groups excluding carboxylic acids is 1. The summed E-state index contributed by atoms with van der Waals surface area (Å²) in [5.74, 6) is 5.20. The summed E-state index contributed by atoms with van der Waals surface area (Å²) in [4.78, 5) is 32.7. The number of alkyl halides is 1. The molecule has 6 nitrogen and oxygen atoms in total. The van der Waals surface area contributed by atoms with Gasteiger partial charge >= 0.3 is 0 Å². The van der Waals surface area contributed by atoms with Crippen LogP contribution in [0.25, 0.3) is 21.3 Å². The molecule has 1 saturated carbocycles. The highest BCUT2D eigenvalue weighted by molar-refractivity contribution is 9.10. The molecular weight excluding hydrogens is 528 g/mol. The van der Waals surface area contributed by atoms with Crippen molar-refractivity contribution in [1.82, 2.24) is 14.5 Å². The molecule has 1 aromatic carbocycles. The Kier molecular flexibility index (Phi) is 5.82. The maximum atomic E-state index is 13.9. The van der Waals surface area contributed by atoms with E-state index >= 15 is 0 Å². The zero-order chi connectivity index (χ0) is 24.2. The molecule has 1 aliphatic carbocycles. The van der Waals surface area contributed by atoms with Crippen molar-refractivity contribution in [3.8, 4) is 23.0 Å². The maximum Gasteiger partial charge on any atom is 0.263 e. The van der Waals surface area contributed by atoms with Gasteiger partial charge in [0.15, 0.2) is 0 Å². The SMILES string of the molecule is CC1(F)CN(C(=O)Cn2cnc3sc(C#CC(O)C4CC4)c(-c4ccc(F)c(Br)c4)c3c2=O)C1. The zero-order valence-corrected chi connectivity index (χ0v) is 20.5. The number of hydrogen-bond acceptors (Lipinski definition) is 5. The summed E-state index contributed by atoms with van der Waals surface area (Å²) < 4.78 is 29.1. The quantitative estimate of drug-likeness (QED) is 0.505. The van der Waals surface area contributed by atoms with Crippen molar-refractivity contribution in [2.45, 2.75) is 38.1 Å². The summed E-state index contributed by atoms with van der Waals surface area (Å²) in [7, 11) is 0. The molecule has 0 radical (unpaired) electrons. The van der Waals surface area contributed by atoms with Crippen LogP contribution in [0.1, 0.15) is 24.6 Å². The first-order valence-electron chi connectivity index (χ1n) is 10.8. The van der Waals surface area contributed by atoms with E-state index in [4.69, 9.17) is 0 Å². The molecule has 3 aromatic rings. The van der Waals surface area contributed by atoms with Gasteiger partial charge in [0, 0.05) is 5.56 Å². The molecule has 1 unspecified atom stereocenters. The maximum absolute atomic E-state index is 13.9. The van der Waals surface area contributed by atoms with Crippen LogP contribution in [-0.4, -0.2) is 50.3 Å². The fourth-order valence-corrected chi connectivity index (χ4v) is 5.39. The van der Waals surface area contributed by atoms with E-state index in [-0.39, 0.29) is 41.3 Å². The lowest BCUT2D eigenvalue weighted by Crippen LogP contribution is -2.60. The van der Waals surface area contributed by atoms with Crippen LogP contribution in [0, 0.1) is 23.6 Å². The molecule has 0 spiro atoms.